The first kappa shape index (κ1) is 16.3. The SMILES string of the molecule is F.FC(F)(F)[s+]1c(C2CCCCCC2)cc2ccccc21. The third kappa shape index (κ3) is 3.23. The van der Waals surface area contributed by atoms with Crippen LogP contribution in [-0.4, -0.2) is 0 Å². The Bertz CT molecular complexity index is 592. The Kier molecular flexibility index (Phi) is 4.91. The molecule has 1 atom stereocenters. The summed E-state index contributed by atoms with van der Waals surface area (Å²) in [5.74, 6) is 0.120. The molecule has 0 saturated heterocycles. The number of rotatable bonds is 1. The van der Waals surface area contributed by atoms with Gasteiger partial charge in [-0.3, -0.25) is 4.70 Å². The van der Waals surface area contributed by atoms with Gasteiger partial charge in [-0.1, -0.05) is 37.8 Å². The zero-order valence-electron chi connectivity index (χ0n) is 11.7. The van der Waals surface area contributed by atoms with Gasteiger partial charge in [-0.15, -0.1) is 13.2 Å². The van der Waals surface area contributed by atoms with Gasteiger partial charge in [-0.05, 0) is 25.0 Å². The van der Waals surface area contributed by atoms with Gasteiger partial charge in [0, 0.05) is 17.4 Å². The van der Waals surface area contributed by atoms with E-state index in [1.165, 1.54) is 0 Å². The average molecular weight is 319 g/mol. The lowest BCUT2D eigenvalue weighted by Gasteiger charge is -2.10. The van der Waals surface area contributed by atoms with E-state index in [2.05, 4.69) is 0 Å². The lowest BCUT2D eigenvalue weighted by atomic mass is 9.98. The molecule has 0 N–H and O–H groups in total. The van der Waals surface area contributed by atoms with Gasteiger partial charge >= 0.3 is 5.51 Å². The number of halogens is 4. The van der Waals surface area contributed by atoms with E-state index in [4.69, 9.17) is 0 Å². The molecule has 1 heterocycles. The van der Waals surface area contributed by atoms with Crippen LogP contribution in [0.3, 0.4) is 0 Å². The molecule has 1 fully saturated rings. The van der Waals surface area contributed by atoms with E-state index in [-0.39, 0.29) is 10.6 Å². The van der Waals surface area contributed by atoms with Crippen LogP contribution in [0.4, 0.5) is 17.9 Å². The zero-order valence-corrected chi connectivity index (χ0v) is 12.5. The van der Waals surface area contributed by atoms with Crippen molar-refractivity contribution in [2.24, 2.45) is 0 Å². The van der Waals surface area contributed by atoms with E-state index < -0.39 is 16.0 Å². The second kappa shape index (κ2) is 6.34. The molecule has 3 rings (SSSR count). The van der Waals surface area contributed by atoms with Crippen LogP contribution < -0.4 is 0 Å². The minimum Gasteiger partial charge on any atom is -0.269 e. The summed E-state index contributed by atoms with van der Waals surface area (Å²) in [6.07, 6.45) is 6.28. The van der Waals surface area contributed by atoms with Gasteiger partial charge in [0.2, 0.25) is 0 Å². The molecule has 0 radical (unpaired) electrons. The molecule has 1 aromatic carbocycles. The third-order valence-corrected chi connectivity index (χ3v) is 6.36. The highest BCUT2D eigenvalue weighted by Gasteiger charge is 2.49. The van der Waals surface area contributed by atoms with Crippen molar-refractivity contribution in [1.29, 1.82) is 0 Å². The van der Waals surface area contributed by atoms with Crippen LogP contribution in [0, 0.1) is 0 Å². The van der Waals surface area contributed by atoms with Crippen LogP contribution in [0.5, 0.6) is 0 Å². The minimum atomic E-state index is -4.15. The van der Waals surface area contributed by atoms with Crippen molar-refractivity contribution >= 4 is 20.6 Å². The molecule has 1 aromatic heterocycles. The number of hydrogen-bond acceptors (Lipinski definition) is 0. The van der Waals surface area contributed by atoms with Crippen LogP contribution >= 0.6 is 10.5 Å². The van der Waals surface area contributed by atoms with Crippen LogP contribution in [0.2, 0.25) is 0 Å². The molecule has 1 saturated carbocycles. The molecular formula is C16H19F4S+. The number of alkyl halides is 3. The summed E-state index contributed by atoms with van der Waals surface area (Å²) >= 11 is 0. The molecule has 0 amide bonds. The molecule has 116 valence electrons. The maximum Gasteiger partial charge on any atom is 0.600 e. The highest BCUT2D eigenvalue weighted by atomic mass is 32.2. The quantitative estimate of drug-likeness (QED) is 0.313. The Hall–Kier alpha value is -1.10. The fraction of sp³-hybridized carbons (Fsp3) is 0.500. The Labute approximate surface area is 124 Å². The summed E-state index contributed by atoms with van der Waals surface area (Å²) < 4.78 is 41.0. The highest BCUT2D eigenvalue weighted by molar-refractivity contribution is 7.38. The summed E-state index contributed by atoms with van der Waals surface area (Å²) in [5, 5.41) is 0.771. The second-order valence-corrected chi connectivity index (χ2v) is 7.51. The Morgan fingerprint density at radius 1 is 0.952 bits per heavy atom. The monoisotopic (exact) mass is 319 g/mol. The first-order valence-corrected chi connectivity index (χ1v) is 8.41. The van der Waals surface area contributed by atoms with Gasteiger partial charge in [0.05, 0.1) is 10.5 Å². The van der Waals surface area contributed by atoms with Crippen molar-refractivity contribution in [3.05, 3.63) is 35.2 Å². The fourth-order valence-corrected chi connectivity index (χ4v) is 5.39. The normalized spacial score (nSPS) is 18.3. The molecule has 2 aromatic rings. The van der Waals surface area contributed by atoms with Crippen molar-refractivity contribution in [1.82, 2.24) is 0 Å². The molecular weight excluding hydrogens is 300 g/mol. The topological polar surface area (TPSA) is 0 Å². The number of fused-ring (bicyclic) bond motifs is 1. The average Bonchev–Trinajstić information content (AvgIpc) is 2.59. The molecule has 0 aliphatic heterocycles. The lowest BCUT2D eigenvalue weighted by molar-refractivity contribution is -0.0868. The van der Waals surface area contributed by atoms with Crippen LogP contribution in [0.1, 0.15) is 49.3 Å². The summed E-state index contributed by atoms with van der Waals surface area (Å²) in [7, 11) is -1.70. The number of hydrogen-bond donors (Lipinski definition) is 0. The summed E-state index contributed by atoms with van der Waals surface area (Å²) in [4.78, 5) is 0.639. The zero-order chi connectivity index (χ0) is 14.2. The molecule has 0 spiro atoms. The van der Waals surface area contributed by atoms with Crippen LogP contribution in [0.15, 0.2) is 30.3 Å². The molecule has 5 heteroatoms. The lowest BCUT2D eigenvalue weighted by Crippen LogP contribution is -2.02. The molecule has 1 aliphatic carbocycles. The fourth-order valence-electron chi connectivity index (χ4n) is 3.23. The standard InChI is InChI=1S/C16H18F3S.FH/c17-16(18,19)20-14-10-6-5-9-13(14)11-15(20)12-7-3-1-2-4-8-12;/h5-6,9-12H,1-4,7-8H2;1H/q+1;. The first-order chi connectivity index (χ1) is 9.57. The van der Waals surface area contributed by atoms with E-state index in [0.717, 1.165) is 43.9 Å². The maximum absolute atomic E-state index is 13.5. The van der Waals surface area contributed by atoms with E-state index >= 15 is 0 Å². The van der Waals surface area contributed by atoms with Gasteiger partial charge in [-0.2, -0.15) is 0 Å². The predicted octanol–water partition coefficient (Wildman–Crippen LogP) is 6.66. The van der Waals surface area contributed by atoms with Crippen LogP contribution in [-0.2, 0) is 5.51 Å². The van der Waals surface area contributed by atoms with Gasteiger partial charge in [0.15, 0.2) is 9.58 Å². The Morgan fingerprint density at radius 2 is 1.57 bits per heavy atom. The first-order valence-electron chi connectivity index (χ1n) is 7.19. The van der Waals surface area contributed by atoms with Crippen LogP contribution in [0.25, 0.3) is 10.1 Å². The van der Waals surface area contributed by atoms with Crippen molar-refractivity contribution in [2.45, 2.75) is 50.0 Å². The molecule has 0 nitrogen and oxygen atoms in total. The summed E-state index contributed by atoms with van der Waals surface area (Å²) in [6.45, 7) is 0. The molecule has 21 heavy (non-hydrogen) atoms. The molecule has 0 bridgehead atoms. The predicted molar refractivity (Wildman–Crippen MR) is 80.7 cm³/mol. The Morgan fingerprint density at radius 3 is 2.19 bits per heavy atom. The largest absolute Gasteiger partial charge is 0.600 e. The van der Waals surface area contributed by atoms with Crippen molar-refractivity contribution in [2.75, 3.05) is 0 Å². The van der Waals surface area contributed by atoms with Gasteiger partial charge < -0.3 is 0 Å². The summed E-state index contributed by atoms with van der Waals surface area (Å²) in [5.41, 5.74) is -4.15. The van der Waals surface area contributed by atoms with Crippen molar-refractivity contribution in [3.8, 4) is 0 Å². The highest BCUT2D eigenvalue weighted by Crippen LogP contribution is 2.54. The van der Waals surface area contributed by atoms with E-state index in [1.807, 2.05) is 18.2 Å². The molecule has 1 aliphatic rings. The number of benzene rings is 1. The minimum absolute atomic E-state index is 0. The second-order valence-electron chi connectivity index (χ2n) is 5.52. The smallest absolute Gasteiger partial charge is 0.269 e. The van der Waals surface area contributed by atoms with Crippen molar-refractivity contribution < 1.29 is 17.9 Å². The van der Waals surface area contributed by atoms with Crippen molar-refractivity contribution in [3.63, 3.8) is 0 Å². The van der Waals surface area contributed by atoms with Gasteiger partial charge in [0.1, 0.15) is 0 Å². The molecule has 1 unspecified atom stereocenters. The Balaban J connectivity index is 0.00000161. The van der Waals surface area contributed by atoms with E-state index in [1.54, 1.807) is 12.1 Å². The number of thiophene rings is 1. The van der Waals surface area contributed by atoms with E-state index in [0.29, 0.717) is 9.58 Å². The summed E-state index contributed by atoms with van der Waals surface area (Å²) in [6, 6.07) is 8.82. The third-order valence-electron chi connectivity index (χ3n) is 4.16. The van der Waals surface area contributed by atoms with Gasteiger partial charge in [0.25, 0.3) is 0 Å². The van der Waals surface area contributed by atoms with E-state index in [9.17, 15) is 13.2 Å². The maximum atomic E-state index is 13.5. The van der Waals surface area contributed by atoms with Gasteiger partial charge in [-0.25, -0.2) is 0 Å².